The molecule has 2 aromatic rings. The molecule has 1 N–H and O–H groups in total. The Balaban J connectivity index is 2.27. The summed E-state index contributed by atoms with van der Waals surface area (Å²) < 4.78 is 32.8. The van der Waals surface area contributed by atoms with Crippen molar-refractivity contribution < 1.29 is 18.3 Å². The zero-order chi connectivity index (χ0) is 22.1. The van der Waals surface area contributed by atoms with Gasteiger partial charge in [0.2, 0.25) is 10.0 Å². The maximum atomic E-state index is 13.2. The number of methoxy groups -OCH3 is 1. The number of rotatable bonds is 11. The van der Waals surface area contributed by atoms with Crippen LogP contribution in [0.1, 0.15) is 19.4 Å². The maximum Gasteiger partial charge on any atom is 0.243 e. The Morgan fingerprint density at radius 2 is 1.73 bits per heavy atom. The summed E-state index contributed by atoms with van der Waals surface area (Å²) in [7, 11) is -2.35. The van der Waals surface area contributed by atoms with E-state index in [2.05, 4.69) is 10.0 Å². The van der Waals surface area contributed by atoms with Crippen LogP contribution in [-0.4, -0.2) is 50.2 Å². The molecule has 0 fully saturated rings. The standard InChI is InChI=1S/C21H28N4O4S/c1-16(2)14-25(30(27,28)19-11-9-18(29-3)10-12-19)15-21(26)20(23-24-22)13-17-7-5-4-6-8-17/h4-12,16,20-21,26H,13-15H2,1-3H3/t20?,21-/m1/s1. The normalized spacial score (nSPS) is 13.7. The zero-order valence-electron chi connectivity index (χ0n) is 17.4. The van der Waals surface area contributed by atoms with E-state index in [1.807, 2.05) is 44.2 Å². The second kappa shape index (κ2) is 11.0. The van der Waals surface area contributed by atoms with E-state index in [9.17, 15) is 13.5 Å². The van der Waals surface area contributed by atoms with Crippen molar-refractivity contribution in [3.8, 4) is 5.75 Å². The monoisotopic (exact) mass is 432 g/mol. The van der Waals surface area contributed by atoms with Gasteiger partial charge < -0.3 is 9.84 Å². The maximum absolute atomic E-state index is 13.2. The Labute approximate surface area is 177 Å². The molecule has 8 nitrogen and oxygen atoms in total. The third-order valence-electron chi connectivity index (χ3n) is 4.59. The molecule has 0 bridgehead atoms. The second-order valence-corrected chi connectivity index (χ2v) is 9.36. The van der Waals surface area contributed by atoms with Crippen molar-refractivity contribution in [2.45, 2.75) is 37.3 Å². The van der Waals surface area contributed by atoms with Crippen LogP contribution in [0.3, 0.4) is 0 Å². The summed E-state index contributed by atoms with van der Waals surface area (Å²) in [6, 6.07) is 14.6. The Morgan fingerprint density at radius 1 is 1.10 bits per heavy atom. The largest absolute Gasteiger partial charge is 0.497 e. The summed E-state index contributed by atoms with van der Waals surface area (Å²) >= 11 is 0. The van der Waals surface area contributed by atoms with Crippen LogP contribution in [0.15, 0.2) is 64.6 Å². The summed E-state index contributed by atoms with van der Waals surface area (Å²) in [6.45, 7) is 3.85. The number of nitrogens with zero attached hydrogens (tertiary/aromatic N) is 4. The van der Waals surface area contributed by atoms with E-state index in [4.69, 9.17) is 10.3 Å². The van der Waals surface area contributed by atoms with E-state index >= 15 is 0 Å². The Kier molecular flexibility index (Phi) is 8.68. The van der Waals surface area contributed by atoms with E-state index in [0.29, 0.717) is 12.2 Å². The molecule has 162 valence electrons. The van der Waals surface area contributed by atoms with Crippen LogP contribution in [0.2, 0.25) is 0 Å². The molecule has 0 aliphatic carbocycles. The van der Waals surface area contributed by atoms with Crippen molar-refractivity contribution in [2.75, 3.05) is 20.2 Å². The number of sulfonamides is 1. The van der Waals surface area contributed by atoms with Gasteiger partial charge in [-0.2, -0.15) is 4.31 Å². The van der Waals surface area contributed by atoms with E-state index in [1.165, 1.54) is 23.5 Å². The van der Waals surface area contributed by atoms with Crippen LogP contribution in [0.25, 0.3) is 10.4 Å². The fraction of sp³-hybridized carbons (Fsp3) is 0.429. The van der Waals surface area contributed by atoms with E-state index in [0.717, 1.165) is 5.56 Å². The van der Waals surface area contributed by atoms with Gasteiger partial charge in [-0.05, 0) is 47.7 Å². The minimum Gasteiger partial charge on any atom is -0.497 e. The lowest BCUT2D eigenvalue weighted by molar-refractivity contribution is 0.116. The lowest BCUT2D eigenvalue weighted by Crippen LogP contribution is -2.43. The lowest BCUT2D eigenvalue weighted by atomic mass is 10.0. The predicted octanol–water partition coefficient (Wildman–Crippen LogP) is 3.62. The third-order valence-corrected chi connectivity index (χ3v) is 6.43. The molecular weight excluding hydrogens is 404 g/mol. The van der Waals surface area contributed by atoms with Crippen LogP contribution in [0.4, 0.5) is 0 Å². The van der Waals surface area contributed by atoms with Crippen LogP contribution in [-0.2, 0) is 16.4 Å². The van der Waals surface area contributed by atoms with Gasteiger partial charge >= 0.3 is 0 Å². The highest BCUT2D eigenvalue weighted by molar-refractivity contribution is 7.89. The molecule has 0 heterocycles. The highest BCUT2D eigenvalue weighted by atomic mass is 32.2. The molecule has 9 heteroatoms. The smallest absolute Gasteiger partial charge is 0.243 e. The molecule has 1 unspecified atom stereocenters. The molecule has 2 atom stereocenters. The van der Waals surface area contributed by atoms with Crippen molar-refractivity contribution >= 4 is 10.0 Å². The first-order valence-corrected chi connectivity index (χ1v) is 11.1. The molecule has 0 amide bonds. The fourth-order valence-electron chi connectivity index (χ4n) is 3.08. The number of aliphatic hydroxyl groups is 1. The number of aliphatic hydroxyl groups excluding tert-OH is 1. The van der Waals surface area contributed by atoms with Gasteiger partial charge in [0.05, 0.1) is 24.2 Å². The average Bonchev–Trinajstić information content (AvgIpc) is 2.73. The van der Waals surface area contributed by atoms with Gasteiger partial charge in [0.1, 0.15) is 5.75 Å². The molecule has 0 aliphatic heterocycles. The van der Waals surface area contributed by atoms with Crippen LogP contribution in [0.5, 0.6) is 5.75 Å². The molecule has 0 aliphatic rings. The van der Waals surface area contributed by atoms with Gasteiger partial charge in [-0.25, -0.2) is 8.42 Å². The summed E-state index contributed by atoms with van der Waals surface area (Å²) in [5.74, 6) is 0.591. The van der Waals surface area contributed by atoms with Crippen molar-refractivity contribution in [1.29, 1.82) is 0 Å². The van der Waals surface area contributed by atoms with Crippen LogP contribution >= 0.6 is 0 Å². The number of azide groups is 1. The first-order valence-electron chi connectivity index (χ1n) is 9.68. The minimum absolute atomic E-state index is 0.0391. The first-order chi connectivity index (χ1) is 14.3. The molecule has 0 radical (unpaired) electrons. The number of hydrogen-bond acceptors (Lipinski definition) is 5. The van der Waals surface area contributed by atoms with Gasteiger partial charge in [0.25, 0.3) is 0 Å². The molecule has 2 rings (SSSR count). The fourth-order valence-corrected chi connectivity index (χ4v) is 4.70. The SMILES string of the molecule is COc1ccc(S(=O)(=O)N(CC(C)C)C[C@@H](O)C(Cc2ccccc2)N=[N+]=[N-])cc1. The summed E-state index contributed by atoms with van der Waals surface area (Å²) in [6.07, 6.45) is -0.850. The number of ether oxygens (including phenoxy) is 1. The summed E-state index contributed by atoms with van der Waals surface area (Å²) in [5, 5.41) is 14.5. The highest BCUT2D eigenvalue weighted by Crippen LogP contribution is 2.22. The molecule has 0 saturated carbocycles. The second-order valence-electron chi connectivity index (χ2n) is 7.42. The van der Waals surface area contributed by atoms with Gasteiger partial charge in [-0.3, -0.25) is 0 Å². The van der Waals surface area contributed by atoms with Gasteiger partial charge in [-0.15, -0.1) is 0 Å². The Hall–Kier alpha value is -2.58. The van der Waals surface area contributed by atoms with E-state index in [1.54, 1.807) is 12.1 Å². The summed E-state index contributed by atoms with van der Waals surface area (Å²) in [4.78, 5) is 2.95. The Morgan fingerprint density at radius 3 is 2.27 bits per heavy atom. The number of hydrogen-bond donors (Lipinski definition) is 1. The predicted molar refractivity (Wildman–Crippen MR) is 116 cm³/mol. The molecule has 0 saturated heterocycles. The van der Waals surface area contributed by atoms with Crippen molar-refractivity contribution in [1.82, 2.24) is 4.31 Å². The molecule has 30 heavy (non-hydrogen) atoms. The van der Waals surface area contributed by atoms with Gasteiger partial charge in [0.15, 0.2) is 0 Å². The molecule has 0 aromatic heterocycles. The van der Waals surface area contributed by atoms with E-state index < -0.39 is 22.2 Å². The van der Waals surface area contributed by atoms with Crippen molar-refractivity contribution in [3.05, 3.63) is 70.6 Å². The van der Waals surface area contributed by atoms with Gasteiger partial charge in [-0.1, -0.05) is 49.3 Å². The highest BCUT2D eigenvalue weighted by Gasteiger charge is 2.30. The minimum atomic E-state index is -3.85. The van der Waals surface area contributed by atoms with Crippen LogP contribution in [0, 0.1) is 5.92 Å². The quantitative estimate of drug-likeness (QED) is 0.331. The van der Waals surface area contributed by atoms with Crippen molar-refractivity contribution in [2.24, 2.45) is 11.0 Å². The first kappa shape index (κ1) is 23.7. The zero-order valence-corrected chi connectivity index (χ0v) is 18.2. The summed E-state index contributed by atoms with van der Waals surface area (Å²) in [5.41, 5.74) is 9.82. The third kappa shape index (κ3) is 6.47. The molecular formula is C21H28N4O4S. The average molecular weight is 433 g/mol. The van der Waals surface area contributed by atoms with E-state index in [-0.39, 0.29) is 23.9 Å². The lowest BCUT2D eigenvalue weighted by Gasteiger charge is -2.28. The molecule has 2 aromatic carbocycles. The number of benzene rings is 2. The topological polar surface area (TPSA) is 116 Å². The Bertz CT molecular complexity index is 943. The van der Waals surface area contributed by atoms with Crippen molar-refractivity contribution in [3.63, 3.8) is 0 Å². The van der Waals surface area contributed by atoms with Crippen LogP contribution < -0.4 is 4.74 Å². The molecule has 0 spiro atoms. The van der Waals surface area contributed by atoms with Gasteiger partial charge in [0, 0.05) is 18.0 Å².